The second-order valence-corrected chi connectivity index (χ2v) is 12.8. The van der Waals surface area contributed by atoms with Crippen molar-refractivity contribution < 1.29 is 44.7 Å². The number of phenolic OH excluding ortho intramolecular Hbond substituents is 1. The van der Waals surface area contributed by atoms with Crippen molar-refractivity contribution >= 4 is 34.8 Å². The molecule has 2 amide bonds. The van der Waals surface area contributed by atoms with E-state index >= 15 is 0 Å². The van der Waals surface area contributed by atoms with Gasteiger partial charge in [0.05, 0.1) is 35.4 Å². The van der Waals surface area contributed by atoms with Crippen molar-refractivity contribution in [2.75, 3.05) is 19.4 Å². The molecule has 1 aromatic carbocycles. The Kier molecular flexibility index (Phi) is 8.12. The van der Waals surface area contributed by atoms with Crippen LogP contribution in [-0.4, -0.2) is 91.7 Å². The topological polar surface area (TPSA) is 237 Å². The number of hydrogen-bond acceptors (Lipinski definition) is 11. The molecule has 1 aromatic rings. The normalized spacial score (nSPS) is 31.4. The minimum atomic E-state index is -3.00. The summed E-state index contributed by atoms with van der Waals surface area (Å²) in [6.45, 7) is 1.63. The molecule has 2 fully saturated rings. The Morgan fingerprint density at radius 3 is 2.34 bits per heavy atom. The summed E-state index contributed by atoms with van der Waals surface area (Å²) in [4.78, 5) is 53.8. The van der Waals surface area contributed by atoms with Gasteiger partial charge in [-0.1, -0.05) is 45.1 Å². The quantitative estimate of drug-likeness (QED) is 0.165. The molecule has 0 bridgehead atoms. The van der Waals surface area contributed by atoms with Gasteiger partial charge in [-0.15, -0.1) is 0 Å². The van der Waals surface area contributed by atoms with E-state index in [-0.39, 0.29) is 11.3 Å². The van der Waals surface area contributed by atoms with Crippen molar-refractivity contribution in [2.24, 2.45) is 29.2 Å². The molecular weight excluding hydrogens is 572 g/mol. The van der Waals surface area contributed by atoms with Gasteiger partial charge in [-0.2, -0.15) is 0 Å². The molecule has 3 unspecified atom stereocenters. The number of rotatable bonds is 6. The molecule has 0 saturated heterocycles. The monoisotopic (exact) mass is 612 g/mol. The van der Waals surface area contributed by atoms with Gasteiger partial charge >= 0.3 is 0 Å². The molecule has 13 heteroatoms. The number of likely N-dealkylation sites (N-methyl/N-ethyl adjacent to an activating group) is 1. The molecule has 0 spiro atoms. The molecule has 13 nitrogen and oxygen atoms in total. The number of aliphatic hydroxyl groups excluding tert-OH is 3. The minimum Gasteiger partial charge on any atom is -0.508 e. The van der Waals surface area contributed by atoms with Gasteiger partial charge < -0.3 is 42.3 Å². The Morgan fingerprint density at radius 1 is 1.11 bits per heavy atom. The van der Waals surface area contributed by atoms with Crippen molar-refractivity contribution in [1.29, 1.82) is 0 Å². The van der Waals surface area contributed by atoms with Crippen LogP contribution in [0, 0.1) is 17.8 Å². The Hall–Kier alpha value is -3.78. The first kappa shape index (κ1) is 31.6. The number of carbonyl (C=O) groups excluding carboxylic acids is 4. The summed E-state index contributed by atoms with van der Waals surface area (Å²) in [6.07, 6.45) is 4.12. The SMILES string of the molecule is C[C@H]1c2ccc(NC(=O)[C@@H](N)CC3CCCCC3)c(O)c2C(O)=C2C(=O)[C@]3(O)C(O)=C(C(N)=O)C(=O)[C@@H](N(C)C)C3C(O)C21. The fraction of sp³-hybridized carbons (Fsp3) is 0.548. The zero-order valence-corrected chi connectivity index (χ0v) is 24.9. The van der Waals surface area contributed by atoms with E-state index in [1.807, 2.05) is 0 Å². The largest absolute Gasteiger partial charge is 0.508 e. The maximum absolute atomic E-state index is 14.1. The summed E-state index contributed by atoms with van der Waals surface area (Å²) in [5.74, 6) is -10.0. The summed E-state index contributed by atoms with van der Waals surface area (Å²) in [5.41, 5.74) is 7.08. The zero-order valence-electron chi connectivity index (χ0n) is 24.9. The number of fused-ring (bicyclic) bond motifs is 3. The minimum absolute atomic E-state index is 0.0688. The van der Waals surface area contributed by atoms with E-state index in [1.54, 1.807) is 6.92 Å². The fourth-order valence-electron chi connectivity index (χ4n) is 7.83. The average Bonchev–Trinajstić information content (AvgIpc) is 2.96. The van der Waals surface area contributed by atoms with Crippen LogP contribution in [0.4, 0.5) is 5.69 Å². The first-order valence-electron chi connectivity index (χ1n) is 14.9. The fourth-order valence-corrected chi connectivity index (χ4v) is 7.83. The molecule has 0 radical (unpaired) electrons. The number of aromatic hydroxyl groups is 1. The summed E-state index contributed by atoms with van der Waals surface area (Å²) in [5, 5.41) is 59.9. The van der Waals surface area contributed by atoms with Crippen molar-refractivity contribution in [3.63, 3.8) is 0 Å². The average molecular weight is 613 g/mol. The van der Waals surface area contributed by atoms with Gasteiger partial charge in [0.2, 0.25) is 11.7 Å². The lowest BCUT2D eigenvalue weighted by molar-refractivity contribution is -0.169. The number of hydrogen-bond donors (Lipinski definition) is 8. The van der Waals surface area contributed by atoms with Crippen LogP contribution in [-0.2, 0) is 19.2 Å². The van der Waals surface area contributed by atoms with Crippen LogP contribution >= 0.6 is 0 Å². The highest BCUT2D eigenvalue weighted by Gasteiger charge is 2.68. The van der Waals surface area contributed by atoms with E-state index < -0.39 is 93.3 Å². The summed E-state index contributed by atoms with van der Waals surface area (Å²) in [7, 11) is 2.89. The molecule has 0 heterocycles. The van der Waals surface area contributed by atoms with E-state index in [4.69, 9.17) is 11.5 Å². The number of ketones is 2. The zero-order chi connectivity index (χ0) is 32.4. The van der Waals surface area contributed by atoms with Gasteiger partial charge in [0.15, 0.2) is 11.4 Å². The van der Waals surface area contributed by atoms with Crippen LogP contribution in [0.15, 0.2) is 29.0 Å². The molecule has 238 valence electrons. The maximum Gasteiger partial charge on any atom is 0.255 e. The van der Waals surface area contributed by atoms with Crippen molar-refractivity contribution in [3.05, 3.63) is 40.2 Å². The van der Waals surface area contributed by atoms with Crippen LogP contribution < -0.4 is 16.8 Å². The van der Waals surface area contributed by atoms with E-state index in [1.165, 1.54) is 31.1 Å². The summed E-state index contributed by atoms with van der Waals surface area (Å²) < 4.78 is 0. The van der Waals surface area contributed by atoms with Crippen molar-refractivity contribution in [3.8, 4) is 5.75 Å². The number of nitrogens with two attached hydrogens (primary N) is 2. The molecule has 0 aliphatic heterocycles. The number of Topliss-reactive ketones (excluding diaryl/α,β-unsaturated/α-hetero) is 2. The number of carbonyl (C=O) groups is 4. The Balaban J connectivity index is 1.57. The lowest BCUT2D eigenvalue weighted by Crippen LogP contribution is -2.70. The standard InChI is InChI=1S/C31H40N4O9/c1-12-14-9-10-16(34-30(43)15(32)11-13-7-5-4-6-8-13)23(36)18(14)24(37)19-17(12)25(38)21-22(35(2)3)26(39)20(29(33)42)28(41)31(21,44)27(19)40/h9-10,12-13,15,17,21-22,25,36-38,41,44H,4-8,11,32H2,1-3H3,(H2,33,42)(H,34,43)/t12-,15-,17?,21?,22-,25?,31-/m0/s1. The number of aliphatic hydroxyl groups is 4. The lowest BCUT2D eigenvalue weighted by Gasteiger charge is -2.53. The molecule has 44 heavy (non-hydrogen) atoms. The van der Waals surface area contributed by atoms with E-state index in [0.29, 0.717) is 17.9 Å². The number of amides is 2. The Morgan fingerprint density at radius 2 is 1.75 bits per heavy atom. The summed E-state index contributed by atoms with van der Waals surface area (Å²) >= 11 is 0. The van der Waals surface area contributed by atoms with Crippen molar-refractivity contribution in [2.45, 2.75) is 75.2 Å². The number of nitrogens with zero attached hydrogens (tertiary/aromatic N) is 1. The number of benzene rings is 1. The number of primary amides is 1. The highest BCUT2D eigenvalue weighted by atomic mass is 16.4. The van der Waals surface area contributed by atoms with E-state index in [9.17, 15) is 44.7 Å². The van der Waals surface area contributed by atoms with Gasteiger partial charge in [0.1, 0.15) is 22.8 Å². The molecule has 0 aromatic heterocycles. The second-order valence-electron chi connectivity index (χ2n) is 12.8. The van der Waals surface area contributed by atoms with Crippen LogP contribution in [0.25, 0.3) is 5.76 Å². The van der Waals surface area contributed by atoms with Crippen LogP contribution in [0.2, 0.25) is 0 Å². The van der Waals surface area contributed by atoms with Gasteiger partial charge in [-0.25, -0.2) is 0 Å². The smallest absolute Gasteiger partial charge is 0.255 e. The summed E-state index contributed by atoms with van der Waals surface area (Å²) in [6, 6.07) is 0.698. The Labute approximate surface area is 254 Å². The van der Waals surface area contributed by atoms with Gasteiger partial charge in [0, 0.05) is 11.5 Å². The van der Waals surface area contributed by atoms with Crippen LogP contribution in [0.1, 0.15) is 62.5 Å². The van der Waals surface area contributed by atoms with Gasteiger partial charge in [-0.3, -0.25) is 24.1 Å². The number of anilines is 1. The molecule has 5 rings (SSSR count). The number of phenols is 1. The van der Waals surface area contributed by atoms with Gasteiger partial charge in [-0.05, 0) is 44.0 Å². The lowest BCUT2D eigenvalue weighted by atomic mass is 9.54. The van der Waals surface area contributed by atoms with Gasteiger partial charge in [0.25, 0.3) is 5.91 Å². The molecular formula is C31H40N4O9. The first-order valence-corrected chi connectivity index (χ1v) is 14.9. The third kappa shape index (κ3) is 4.61. The molecule has 4 aliphatic rings. The first-order chi connectivity index (χ1) is 20.6. The highest BCUT2D eigenvalue weighted by Crippen LogP contribution is 2.56. The van der Waals surface area contributed by atoms with E-state index in [2.05, 4.69) is 5.32 Å². The molecule has 2 saturated carbocycles. The molecule has 7 atom stereocenters. The Bertz CT molecular complexity index is 1490. The predicted octanol–water partition coefficient (Wildman–Crippen LogP) is 0.732. The third-order valence-corrected chi connectivity index (χ3v) is 10.0. The predicted molar refractivity (Wildman–Crippen MR) is 158 cm³/mol. The van der Waals surface area contributed by atoms with E-state index in [0.717, 1.165) is 32.1 Å². The number of nitrogens with one attached hydrogen (secondary N) is 1. The maximum atomic E-state index is 14.1. The molecule has 10 N–H and O–H groups in total. The second kappa shape index (κ2) is 11.3. The van der Waals surface area contributed by atoms with Crippen molar-refractivity contribution in [1.82, 2.24) is 4.90 Å². The van der Waals surface area contributed by atoms with Crippen LogP contribution in [0.3, 0.4) is 0 Å². The third-order valence-electron chi connectivity index (χ3n) is 10.0. The highest BCUT2D eigenvalue weighted by molar-refractivity contribution is 6.24. The van der Waals surface area contributed by atoms with Crippen LogP contribution in [0.5, 0.6) is 5.75 Å². The molecule has 4 aliphatic carbocycles.